The number of ether oxygens (including phenoxy) is 1. The van der Waals surface area contributed by atoms with Gasteiger partial charge in [-0.25, -0.2) is 0 Å². The van der Waals surface area contributed by atoms with E-state index in [1.165, 1.54) is 11.1 Å². The summed E-state index contributed by atoms with van der Waals surface area (Å²) in [4.78, 5) is 0. The van der Waals surface area contributed by atoms with Crippen molar-refractivity contribution in [3.63, 3.8) is 0 Å². The lowest BCUT2D eigenvalue weighted by Gasteiger charge is -2.11. The molecule has 0 aliphatic heterocycles. The lowest BCUT2D eigenvalue weighted by molar-refractivity contribution is 0.308. The molecule has 2 aromatic rings. The molecule has 0 heterocycles. The maximum atomic E-state index is 6.04. The number of aryl methyl sites for hydroxylation is 2. The molecule has 0 spiro atoms. The van der Waals surface area contributed by atoms with E-state index in [1.807, 2.05) is 24.3 Å². The quantitative estimate of drug-likeness (QED) is 0.628. The summed E-state index contributed by atoms with van der Waals surface area (Å²) in [6.07, 6.45) is 4.19. The van der Waals surface area contributed by atoms with Crippen molar-refractivity contribution in [3.8, 4) is 5.75 Å². The molecule has 0 N–H and O–H groups in total. The highest BCUT2D eigenvalue weighted by Crippen LogP contribution is 2.24. The molecule has 106 valence electrons. The van der Waals surface area contributed by atoms with Crippen LogP contribution in [0.3, 0.4) is 0 Å². The third-order valence-corrected chi connectivity index (χ3v) is 3.49. The van der Waals surface area contributed by atoms with Gasteiger partial charge < -0.3 is 4.74 Å². The van der Waals surface area contributed by atoms with Crippen molar-refractivity contribution in [3.05, 3.63) is 64.7 Å². The highest BCUT2D eigenvalue weighted by molar-refractivity contribution is 6.30. The summed E-state index contributed by atoms with van der Waals surface area (Å²) in [6.45, 7) is 2.91. The van der Waals surface area contributed by atoms with Gasteiger partial charge in [-0.05, 0) is 48.6 Å². The lowest BCUT2D eigenvalue weighted by atomic mass is 10.1. The first-order valence-corrected chi connectivity index (χ1v) is 7.62. The second kappa shape index (κ2) is 7.96. The number of hydrogen-bond acceptors (Lipinski definition) is 1. The highest BCUT2D eigenvalue weighted by atomic mass is 35.5. The molecule has 1 nitrogen and oxygen atoms in total. The fourth-order valence-electron chi connectivity index (χ4n) is 2.26. The standard InChI is InChI=1S/C18H21ClO/c1-2-7-16-14-17(19)11-12-18(16)20-13-6-10-15-8-4-3-5-9-15/h3-5,8-9,11-12,14H,2,6-7,10,13H2,1H3. The third-order valence-electron chi connectivity index (χ3n) is 3.25. The van der Waals surface area contributed by atoms with E-state index < -0.39 is 0 Å². The van der Waals surface area contributed by atoms with Crippen LogP contribution in [0.25, 0.3) is 0 Å². The summed E-state index contributed by atoms with van der Waals surface area (Å²) in [5.41, 5.74) is 2.57. The summed E-state index contributed by atoms with van der Waals surface area (Å²) < 4.78 is 5.91. The van der Waals surface area contributed by atoms with E-state index in [0.29, 0.717) is 0 Å². The average Bonchev–Trinajstić information content (AvgIpc) is 2.47. The van der Waals surface area contributed by atoms with Crippen LogP contribution >= 0.6 is 11.6 Å². The van der Waals surface area contributed by atoms with Crippen LogP contribution in [0.15, 0.2) is 48.5 Å². The van der Waals surface area contributed by atoms with Crippen LogP contribution in [0.4, 0.5) is 0 Å². The lowest BCUT2D eigenvalue weighted by Crippen LogP contribution is -2.02. The molecule has 0 aliphatic carbocycles. The Morgan fingerprint density at radius 2 is 1.80 bits per heavy atom. The number of halogens is 1. The zero-order chi connectivity index (χ0) is 14.2. The molecule has 2 heteroatoms. The van der Waals surface area contributed by atoms with E-state index in [9.17, 15) is 0 Å². The molecule has 0 aliphatic rings. The maximum absolute atomic E-state index is 6.04. The monoisotopic (exact) mass is 288 g/mol. The van der Waals surface area contributed by atoms with Crippen LogP contribution in [0.5, 0.6) is 5.75 Å². The molecule has 2 rings (SSSR count). The van der Waals surface area contributed by atoms with E-state index in [2.05, 4.69) is 31.2 Å². The van der Waals surface area contributed by atoms with Crippen LogP contribution in [-0.2, 0) is 12.8 Å². The van der Waals surface area contributed by atoms with Gasteiger partial charge in [0.1, 0.15) is 5.75 Å². The van der Waals surface area contributed by atoms with Gasteiger partial charge in [0.25, 0.3) is 0 Å². The first kappa shape index (κ1) is 14.9. The topological polar surface area (TPSA) is 9.23 Å². The van der Waals surface area contributed by atoms with E-state index in [4.69, 9.17) is 16.3 Å². The normalized spacial score (nSPS) is 10.5. The Hall–Kier alpha value is -1.47. The minimum absolute atomic E-state index is 0.743. The number of benzene rings is 2. The van der Waals surface area contributed by atoms with E-state index in [-0.39, 0.29) is 0 Å². The minimum Gasteiger partial charge on any atom is -0.493 e. The molecule has 0 bridgehead atoms. The molecule has 0 radical (unpaired) electrons. The fraction of sp³-hybridized carbons (Fsp3) is 0.333. The van der Waals surface area contributed by atoms with Crippen molar-refractivity contribution < 1.29 is 4.74 Å². The van der Waals surface area contributed by atoms with E-state index in [0.717, 1.165) is 43.1 Å². The van der Waals surface area contributed by atoms with Gasteiger partial charge in [-0.3, -0.25) is 0 Å². The molecule has 0 unspecified atom stereocenters. The summed E-state index contributed by atoms with van der Waals surface area (Å²) >= 11 is 6.04. The first-order valence-electron chi connectivity index (χ1n) is 7.24. The van der Waals surface area contributed by atoms with E-state index >= 15 is 0 Å². The zero-order valence-corrected chi connectivity index (χ0v) is 12.7. The van der Waals surface area contributed by atoms with Crippen LogP contribution in [0.1, 0.15) is 30.9 Å². The van der Waals surface area contributed by atoms with Gasteiger partial charge in [0.15, 0.2) is 0 Å². The molecule has 0 saturated heterocycles. The number of hydrogen-bond donors (Lipinski definition) is 0. The molecule has 0 atom stereocenters. The molecule has 0 aromatic heterocycles. The van der Waals surface area contributed by atoms with Crippen molar-refractivity contribution >= 4 is 11.6 Å². The van der Waals surface area contributed by atoms with E-state index in [1.54, 1.807) is 0 Å². The molecule has 0 amide bonds. The summed E-state index contributed by atoms with van der Waals surface area (Å²) in [5, 5.41) is 0.782. The Bertz CT molecular complexity index is 522. The van der Waals surface area contributed by atoms with Crippen LogP contribution < -0.4 is 4.74 Å². The van der Waals surface area contributed by atoms with Crippen LogP contribution in [-0.4, -0.2) is 6.61 Å². The first-order chi connectivity index (χ1) is 9.79. The predicted molar refractivity (Wildman–Crippen MR) is 85.7 cm³/mol. The van der Waals surface area contributed by atoms with Crippen molar-refractivity contribution in [2.24, 2.45) is 0 Å². The Kier molecular flexibility index (Phi) is 5.94. The molecular weight excluding hydrogens is 268 g/mol. The van der Waals surface area contributed by atoms with Crippen LogP contribution in [0.2, 0.25) is 5.02 Å². The molecule has 20 heavy (non-hydrogen) atoms. The van der Waals surface area contributed by atoms with Crippen molar-refractivity contribution in [1.29, 1.82) is 0 Å². The van der Waals surface area contributed by atoms with Gasteiger partial charge >= 0.3 is 0 Å². The Morgan fingerprint density at radius 3 is 2.55 bits per heavy atom. The van der Waals surface area contributed by atoms with Gasteiger partial charge in [0, 0.05) is 5.02 Å². The minimum atomic E-state index is 0.743. The van der Waals surface area contributed by atoms with Gasteiger partial charge in [-0.15, -0.1) is 0 Å². The molecule has 0 saturated carbocycles. The van der Waals surface area contributed by atoms with Crippen LogP contribution in [0, 0.1) is 0 Å². The maximum Gasteiger partial charge on any atom is 0.122 e. The van der Waals surface area contributed by atoms with Crippen molar-refractivity contribution in [2.45, 2.75) is 32.6 Å². The van der Waals surface area contributed by atoms with Gasteiger partial charge in [0.05, 0.1) is 6.61 Å². The zero-order valence-electron chi connectivity index (χ0n) is 11.9. The smallest absolute Gasteiger partial charge is 0.122 e. The van der Waals surface area contributed by atoms with Crippen molar-refractivity contribution in [1.82, 2.24) is 0 Å². The largest absolute Gasteiger partial charge is 0.493 e. The summed E-state index contributed by atoms with van der Waals surface area (Å²) in [5.74, 6) is 0.976. The van der Waals surface area contributed by atoms with Gasteiger partial charge in [0.2, 0.25) is 0 Å². The molecular formula is C18H21ClO. The highest BCUT2D eigenvalue weighted by Gasteiger charge is 2.04. The SMILES string of the molecule is CCCc1cc(Cl)ccc1OCCCc1ccccc1. The Balaban J connectivity index is 1.84. The third kappa shape index (κ3) is 4.57. The average molecular weight is 289 g/mol. The van der Waals surface area contributed by atoms with Gasteiger partial charge in [-0.1, -0.05) is 55.3 Å². The Morgan fingerprint density at radius 1 is 1.00 bits per heavy atom. The number of rotatable bonds is 7. The molecule has 0 fully saturated rings. The second-order valence-electron chi connectivity index (χ2n) is 4.94. The Labute approximate surface area is 126 Å². The summed E-state index contributed by atoms with van der Waals surface area (Å²) in [7, 11) is 0. The van der Waals surface area contributed by atoms with Gasteiger partial charge in [-0.2, -0.15) is 0 Å². The predicted octanol–water partition coefficient (Wildman–Crippen LogP) is 5.30. The second-order valence-corrected chi connectivity index (χ2v) is 5.38. The summed E-state index contributed by atoms with van der Waals surface area (Å²) in [6, 6.07) is 16.4. The molecule has 2 aromatic carbocycles. The van der Waals surface area contributed by atoms with Crippen molar-refractivity contribution in [2.75, 3.05) is 6.61 Å². The fourth-order valence-corrected chi connectivity index (χ4v) is 2.45.